The van der Waals surface area contributed by atoms with E-state index in [1.165, 1.54) is 0 Å². The summed E-state index contributed by atoms with van der Waals surface area (Å²) in [6, 6.07) is 0. The van der Waals surface area contributed by atoms with Gasteiger partial charge in [-0.3, -0.25) is 4.70 Å². The van der Waals surface area contributed by atoms with E-state index in [0.29, 0.717) is 0 Å². The van der Waals surface area contributed by atoms with Crippen molar-refractivity contribution in [2.45, 2.75) is 17.8 Å². The van der Waals surface area contributed by atoms with Crippen molar-refractivity contribution < 1.29 is 18.6 Å². The molecule has 0 bridgehead atoms. The van der Waals surface area contributed by atoms with Crippen molar-refractivity contribution in [2.75, 3.05) is 0 Å². The molecular formula is C3H5BClF3O. The van der Waals surface area contributed by atoms with Crippen molar-refractivity contribution in [2.24, 2.45) is 0 Å². The summed E-state index contributed by atoms with van der Waals surface area (Å²) in [6.45, 7) is 0. The van der Waals surface area contributed by atoms with Gasteiger partial charge in [0.1, 0.15) is 0 Å². The van der Waals surface area contributed by atoms with E-state index in [4.69, 9.17) is 24.6 Å². The van der Waals surface area contributed by atoms with Crippen molar-refractivity contribution in [3.63, 3.8) is 0 Å². The Hall–Kier alpha value is 0.105. The minimum Gasteiger partial charge on any atom is -0.336 e. The molecule has 0 aliphatic heterocycles. The van der Waals surface area contributed by atoms with Crippen molar-refractivity contribution >= 4 is 19.4 Å². The fourth-order valence-corrected chi connectivity index (χ4v) is 0.420. The first kappa shape index (κ1) is 11.8. The second-order valence-electron chi connectivity index (χ2n) is 1.39. The summed E-state index contributed by atoms with van der Waals surface area (Å²) < 4.78 is 22.7. The highest BCUT2D eigenvalue weighted by atomic mass is 35.5. The predicted octanol–water partition coefficient (Wildman–Crippen LogP) is 0.847. The van der Waals surface area contributed by atoms with Gasteiger partial charge in [0.15, 0.2) is 0 Å². The largest absolute Gasteiger partial charge is 0.354 e. The van der Waals surface area contributed by atoms with E-state index in [9.17, 15) is 8.78 Å². The lowest BCUT2D eigenvalue weighted by Gasteiger charge is -2.08. The lowest BCUT2D eigenvalue weighted by atomic mass is 10.0. The summed E-state index contributed by atoms with van der Waals surface area (Å²) in [5.41, 5.74) is 0. The Morgan fingerprint density at radius 2 is 2.00 bits per heavy atom. The van der Waals surface area contributed by atoms with Crippen molar-refractivity contribution in [3.8, 4) is 0 Å². The second-order valence-corrected chi connectivity index (χ2v) is 1.95. The van der Waals surface area contributed by atoms with Crippen LogP contribution in [0.4, 0.5) is 13.5 Å². The molecule has 0 aromatic rings. The lowest BCUT2D eigenvalue weighted by Crippen LogP contribution is -2.19. The number of alkyl halides is 3. The average Bonchev–Trinajstić information content (AvgIpc) is 1.21. The Kier molecular flexibility index (Phi) is 5.27. The molecule has 0 aromatic carbocycles. The van der Waals surface area contributed by atoms with Gasteiger partial charge in [-0.25, -0.2) is 0 Å². The van der Waals surface area contributed by atoms with Gasteiger partial charge in [-0.05, 0) is 0 Å². The monoisotopic (exact) mass is 160 g/mol. The molecule has 0 rings (SSSR count). The molecule has 0 saturated carbocycles. The number of halogens is 4. The molecule has 0 saturated heterocycles. The summed E-state index contributed by atoms with van der Waals surface area (Å²) in [5, 5.41) is 6.51. The van der Waals surface area contributed by atoms with E-state index in [2.05, 4.69) is 0 Å². The van der Waals surface area contributed by atoms with Gasteiger partial charge in [0.2, 0.25) is 0 Å². The maximum absolute atomic E-state index is 11.4. The van der Waals surface area contributed by atoms with Crippen molar-refractivity contribution in [1.29, 1.82) is 0 Å². The second kappa shape index (κ2) is 4.01. The molecule has 6 heteroatoms. The molecule has 0 fully saturated rings. The normalized spacial score (nSPS) is 14.2. The third-order valence-corrected chi connectivity index (χ3v) is 0.595. The molecule has 1 unspecified atom stereocenters. The Bertz CT molecular complexity index is 73.9. The SMILES string of the molecule is F.[B]C(Cl)CC(O)(F)F. The molecule has 0 heterocycles. The van der Waals surface area contributed by atoms with Gasteiger partial charge < -0.3 is 5.11 Å². The standard InChI is InChI=1S/C3H4BClF2O.FH/c4-2(5)1-3(6,7)8;/h2,8H,1H2;1H. The van der Waals surface area contributed by atoms with Gasteiger partial charge in [0.05, 0.1) is 7.85 Å². The summed E-state index contributed by atoms with van der Waals surface area (Å²) in [6.07, 6.45) is -4.64. The molecule has 1 atom stereocenters. The van der Waals surface area contributed by atoms with Gasteiger partial charge in [0.25, 0.3) is 0 Å². The molecule has 1 nitrogen and oxygen atoms in total. The first-order valence-electron chi connectivity index (χ1n) is 1.91. The topological polar surface area (TPSA) is 20.2 Å². The molecule has 0 amide bonds. The molecular weight excluding hydrogens is 155 g/mol. The number of rotatable bonds is 2. The van der Waals surface area contributed by atoms with Gasteiger partial charge in [0, 0.05) is 11.7 Å². The highest BCUT2D eigenvalue weighted by Crippen LogP contribution is 2.16. The Morgan fingerprint density at radius 1 is 1.67 bits per heavy atom. The highest BCUT2D eigenvalue weighted by molar-refractivity contribution is 6.40. The van der Waals surface area contributed by atoms with Crippen molar-refractivity contribution in [1.82, 2.24) is 0 Å². The lowest BCUT2D eigenvalue weighted by molar-refractivity contribution is -0.200. The van der Waals surface area contributed by atoms with Crippen LogP contribution in [0.2, 0.25) is 0 Å². The molecule has 0 aromatic heterocycles. The van der Waals surface area contributed by atoms with Gasteiger partial charge in [-0.1, -0.05) is 0 Å². The maximum atomic E-state index is 11.4. The van der Waals surface area contributed by atoms with Crippen LogP contribution in [0.5, 0.6) is 0 Å². The van der Waals surface area contributed by atoms with Crippen LogP contribution in [-0.4, -0.2) is 24.3 Å². The molecule has 0 aliphatic rings. The van der Waals surface area contributed by atoms with Crippen LogP contribution in [0, 0.1) is 0 Å². The zero-order valence-corrected chi connectivity index (χ0v) is 5.11. The third-order valence-electron chi connectivity index (χ3n) is 0.441. The van der Waals surface area contributed by atoms with Crippen LogP contribution in [0.1, 0.15) is 6.42 Å². The average molecular weight is 160 g/mol. The Balaban J connectivity index is 0. The van der Waals surface area contributed by atoms with E-state index in [1.54, 1.807) is 0 Å². The Labute approximate surface area is 56.8 Å². The summed E-state index contributed by atoms with van der Waals surface area (Å²) in [7, 11) is 4.70. The van der Waals surface area contributed by atoms with Crippen LogP contribution in [0.3, 0.4) is 0 Å². The highest BCUT2D eigenvalue weighted by Gasteiger charge is 2.25. The Morgan fingerprint density at radius 3 is 2.00 bits per heavy atom. The van der Waals surface area contributed by atoms with E-state index in [1.807, 2.05) is 0 Å². The molecule has 1 N–H and O–H groups in total. The summed E-state index contributed by atoms with van der Waals surface area (Å²) in [5.74, 6) is 0. The quantitative estimate of drug-likeness (QED) is 0.469. The maximum Gasteiger partial charge on any atom is 0.354 e. The third kappa shape index (κ3) is 11.6. The molecule has 9 heavy (non-hydrogen) atoms. The number of hydrogen-bond acceptors (Lipinski definition) is 1. The summed E-state index contributed by atoms with van der Waals surface area (Å²) >= 11 is 4.90. The predicted molar refractivity (Wildman–Crippen MR) is 29.7 cm³/mol. The zero-order valence-electron chi connectivity index (χ0n) is 4.35. The molecule has 0 spiro atoms. The van der Waals surface area contributed by atoms with Crippen molar-refractivity contribution in [3.05, 3.63) is 0 Å². The van der Waals surface area contributed by atoms with E-state index < -0.39 is 17.8 Å². The van der Waals surface area contributed by atoms with E-state index in [0.717, 1.165) is 0 Å². The number of aliphatic hydroxyl groups is 1. The van der Waals surface area contributed by atoms with Crippen LogP contribution >= 0.6 is 11.6 Å². The van der Waals surface area contributed by atoms with Gasteiger partial charge in [-0.2, -0.15) is 8.78 Å². The van der Waals surface area contributed by atoms with E-state index in [-0.39, 0.29) is 4.70 Å². The fraction of sp³-hybridized carbons (Fsp3) is 1.00. The van der Waals surface area contributed by atoms with Crippen LogP contribution in [0.15, 0.2) is 0 Å². The smallest absolute Gasteiger partial charge is 0.336 e. The zero-order chi connectivity index (χ0) is 6.78. The van der Waals surface area contributed by atoms with Crippen LogP contribution in [-0.2, 0) is 0 Å². The fourth-order valence-electron chi connectivity index (χ4n) is 0.235. The molecule has 0 aliphatic carbocycles. The van der Waals surface area contributed by atoms with Gasteiger partial charge >= 0.3 is 6.11 Å². The minimum atomic E-state index is -3.73. The van der Waals surface area contributed by atoms with Crippen LogP contribution in [0.25, 0.3) is 0 Å². The molecule has 2 radical (unpaired) electrons. The first-order chi connectivity index (χ1) is 3.42. The van der Waals surface area contributed by atoms with Crippen LogP contribution < -0.4 is 0 Å². The summed E-state index contributed by atoms with van der Waals surface area (Å²) in [4.78, 5) is 0. The van der Waals surface area contributed by atoms with E-state index >= 15 is 0 Å². The first-order valence-corrected chi connectivity index (χ1v) is 2.35. The number of hydrogen-bond donors (Lipinski definition) is 1. The minimum absolute atomic E-state index is 0. The molecule has 54 valence electrons. The van der Waals surface area contributed by atoms with Gasteiger partial charge in [-0.15, -0.1) is 11.6 Å².